The summed E-state index contributed by atoms with van der Waals surface area (Å²) in [5.41, 5.74) is 0.650. The zero-order valence-electron chi connectivity index (χ0n) is 16.1. The minimum absolute atomic E-state index is 0.0647. The second-order valence-electron chi connectivity index (χ2n) is 7.76. The molecule has 2 heterocycles. The minimum atomic E-state index is -0.723. The van der Waals surface area contributed by atoms with Crippen LogP contribution < -0.4 is 4.90 Å². The predicted molar refractivity (Wildman–Crippen MR) is 103 cm³/mol. The van der Waals surface area contributed by atoms with Gasteiger partial charge in [-0.2, -0.15) is 0 Å². The molecule has 2 amide bonds. The van der Waals surface area contributed by atoms with E-state index in [0.717, 1.165) is 5.56 Å². The summed E-state index contributed by atoms with van der Waals surface area (Å²) in [7, 11) is 0. The number of morpholine rings is 1. The second-order valence-corrected chi connectivity index (χ2v) is 7.76. The van der Waals surface area contributed by atoms with Crippen LogP contribution in [0.4, 0.5) is 14.5 Å². The fourth-order valence-corrected chi connectivity index (χ4v) is 4.19. The maximum absolute atomic E-state index is 13.3. The van der Waals surface area contributed by atoms with Crippen molar-refractivity contribution in [3.05, 3.63) is 65.7 Å². The molecule has 4 rings (SSSR count). The number of hydrogen-bond donors (Lipinski definition) is 0. The van der Waals surface area contributed by atoms with Crippen molar-refractivity contribution >= 4 is 17.5 Å². The summed E-state index contributed by atoms with van der Waals surface area (Å²) in [6.45, 7) is 2.64. The SMILES string of the molecule is C[C@@]12CN(C(=O)Cc3ccc(F)cc3)CC[C@H]1N(c1ccc(F)cc1)C(=O)CO2. The number of carbonyl (C=O) groups is 2. The molecule has 5 nitrogen and oxygen atoms in total. The van der Waals surface area contributed by atoms with Gasteiger partial charge in [0.1, 0.15) is 23.8 Å². The maximum atomic E-state index is 13.3. The number of amides is 2. The first kappa shape index (κ1) is 19.5. The molecule has 2 saturated heterocycles. The number of piperidine rings is 1. The summed E-state index contributed by atoms with van der Waals surface area (Å²) in [5, 5.41) is 0. The summed E-state index contributed by atoms with van der Waals surface area (Å²) in [4.78, 5) is 28.7. The average Bonchev–Trinajstić information content (AvgIpc) is 2.70. The summed E-state index contributed by atoms with van der Waals surface area (Å²) >= 11 is 0. The van der Waals surface area contributed by atoms with Gasteiger partial charge >= 0.3 is 0 Å². The number of rotatable bonds is 3. The first-order valence-electron chi connectivity index (χ1n) is 9.59. The molecular weight excluding hydrogens is 378 g/mol. The van der Waals surface area contributed by atoms with Gasteiger partial charge in [-0.3, -0.25) is 9.59 Å². The van der Waals surface area contributed by atoms with E-state index in [-0.39, 0.29) is 42.5 Å². The van der Waals surface area contributed by atoms with Gasteiger partial charge in [0.25, 0.3) is 5.91 Å². The van der Waals surface area contributed by atoms with Crippen molar-refractivity contribution in [1.29, 1.82) is 0 Å². The fraction of sp³-hybridized carbons (Fsp3) is 0.364. The Kier molecular flexibility index (Phi) is 5.08. The van der Waals surface area contributed by atoms with E-state index in [4.69, 9.17) is 4.74 Å². The quantitative estimate of drug-likeness (QED) is 0.796. The van der Waals surface area contributed by atoms with E-state index in [2.05, 4.69) is 0 Å². The van der Waals surface area contributed by atoms with Crippen LogP contribution in [-0.2, 0) is 20.7 Å². The zero-order chi connectivity index (χ0) is 20.6. The first-order valence-corrected chi connectivity index (χ1v) is 9.59. The van der Waals surface area contributed by atoms with Crippen LogP contribution >= 0.6 is 0 Å². The first-order chi connectivity index (χ1) is 13.9. The van der Waals surface area contributed by atoms with E-state index in [1.165, 1.54) is 24.3 Å². The van der Waals surface area contributed by atoms with Crippen LogP contribution in [0.1, 0.15) is 18.9 Å². The fourth-order valence-electron chi connectivity index (χ4n) is 4.19. The van der Waals surface area contributed by atoms with E-state index in [0.29, 0.717) is 25.2 Å². The molecule has 29 heavy (non-hydrogen) atoms. The number of benzene rings is 2. The predicted octanol–water partition coefficient (Wildman–Crippen LogP) is 2.93. The van der Waals surface area contributed by atoms with Crippen molar-refractivity contribution in [2.24, 2.45) is 0 Å². The molecule has 2 aliphatic heterocycles. The van der Waals surface area contributed by atoms with Gasteiger partial charge in [-0.25, -0.2) is 8.78 Å². The molecule has 2 fully saturated rings. The van der Waals surface area contributed by atoms with Crippen LogP contribution in [-0.4, -0.2) is 48.1 Å². The largest absolute Gasteiger partial charge is 0.361 e. The van der Waals surface area contributed by atoms with E-state index >= 15 is 0 Å². The van der Waals surface area contributed by atoms with Gasteiger partial charge in [0, 0.05) is 12.2 Å². The average molecular weight is 400 g/mol. The lowest BCUT2D eigenvalue weighted by atomic mass is 9.85. The summed E-state index contributed by atoms with van der Waals surface area (Å²) in [6, 6.07) is 11.5. The van der Waals surface area contributed by atoms with Gasteiger partial charge in [-0.05, 0) is 55.3 Å². The van der Waals surface area contributed by atoms with Crippen LogP contribution in [0.3, 0.4) is 0 Å². The molecule has 7 heteroatoms. The summed E-state index contributed by atoms with van der Waals surface area (Å²) in [5.74, 6) is -0.940. The Morgan fingerprint density at radius 3 is 2.38 bits per heavy atom. The zero-order valence-corrected chi connectivity index (χ0v) is 16.1. The normalized spacial score (nSPS) is 24.4. The lowest BCUT2D eigenvalue weighted by Gasteiger charge is -2.52. The van der Waals surface area contributed by atoms with Crippen molar-refractivity contribution < 1.29 is 23.1 Å². The Morgan fingerprint density at radius 1 is 1.10 bits per heavy atom. The molecule has 2 atom stereocenters. The number of fused-ring (bicyclic) bond motifs is 1. The molecular formula is C22H22F2N2O3. The maximum Gasteiger partial charge on any atom is 0.253 e. The van der Waals surface area contributed by atoms with Gasteiger partial charge in [-0.1, -0.05) is 12.1 Å². The minimum Gasteiger partial charge on any atom is -0.361 e. The lowest BCUT2D eigenvalue weighted by molar-refractivity contribution is -0.158. The third-order valence-electron chi connectivity index (χ3n) is 5.71. The van der Waals surface area contributed by atoms with Crippen LogP contribution in [0, 0.1) is 11.6 Å². The topological polar surface area (TPSA) is 49.9 Å². The highest BCUT2D eigenvalue weighted by Gasteiger charge is 2.50. The molecule has 2 aromatic rings. The molecule has 0 N–H and O–H groups in total. The van der Waals surface area contributed by atoms with Crippen molar-refractivity contribution in [1.82, 2.24) is 4.90 Å². The summed E-state index contributed by atoms with van der Waals surface area (Å²) < 4.78 is 32.3. The second kappa shape index (κ2) is 7.55. The molecule has 0 saturated carbocycles. The van der Waals surface area contributed by atoms with Gasteiger partial charge in [-0.15, -0.1) is 0 Å². The van der Waals surface area contributed by atoms with Crippen LogP contribution in [0.15, 0.2) is 48.5 Å². The van der Waals surface area contributed by atoms with Crippen molar-refractivity contribution in [2.75, 3.05) is 24.6 Å². The van der Waals surface area contributed by atoms with E-state index < -0.39 is 5.60 Å². The summed E-state index contributed by atoms with van der Waals surface area (Å²) in [6.07, 6.45) is 0.733. The lowest BCUT2D eigenvalue weighted by Crippen LogP contribution is -2.68. The Bertz CT molecular complexity index is 917. The highest BCUT2D eigenvalue weighted by molar-refractivity contribution is 5.96. The van der Waals surface area contributed by atoms with Gasteiger partial charge in [0.15, 0.2) is 0 Å². The highest BCUT2D eigenvalue weighted by atomic mass is 19.1. The van der Waals surface area contributed by atoms with E-state index in [1.807, 2.05) is 6.92 Å². The third-order valence-corrected chi connectivity index (χ3v) is 5.71. The van der Waals surface area contributed by atoms with Crippen LogP contribution in [0.25, 0.3) is 0 Å². The smallest absolute Gasteiger partial charge is 0.253 e. The Hall–Kier alpha value is -2.80. The van der Waals surface area contributed by atoms with Crippen molar-refractivity contribution in [3.8, 4) is 0 Å². The standard InChI is InChI=1S/C22H22F2N2O3/c1-22-14-25(20(27)12-15-2-4-16(23)5-3-15)11-10-19(22)26(21(28)13-29-22)18-8-6-17(24)7-9-18/h2-9,19H,10-14H2,1H3/t19-,22-/m1/s1. The Labute approximate surface area is 167 Å². The van der Waals surface area contributed by atoms with Gasteiger partial charge < -0.3 is 14.5 Å². The molecule has 0 spiro atoms. The monoisotopic (exact) mass is 400 g/mol. The molecule has 0 aliphatic carbocycles. The number of nitrogens with zero attached hydrogens (tertiary/aromatic N) is 2. The Balaban J connectivity index is 1.51. The van der Waals surface area contributed by atoms with E-state index in [9.17, 15) is 18.4 Å². The number of ether oxygens (including phenoxy) is 1. The number of anilines is 1. The molecule has 0 bridgehead atoms. The molecule has 152 valence electrons. The Morgan fingerprint density at radius 2 is 1.72 bits per heavy atom. The van der Waals surface area contributed by atoms with Gasteiger partial charge in [0.2, 0.25) is 5.91 Å². The molecule has 2 aliphatic rings. The van der Waals surface area contributed by atoms with Crippen molar-refractivity contribution in [2.45, 2.75) is 31.4 Å². The van der Waals surface area contributed by atoms with Crippen molar-refractivity contribution in [3.63, 3.8) is 0 Å². The van der Waals surface area contributed by atoms with E-state index in [1.54, 1.807) is 34.1 Å². The number of carbonyl (C=O) groups excluding carboxylic acids is 2. The highest BCUT2D eigenvalue weighted by Crippen LogP contribution is 2.36. The molecule has 2 aromatic carbocycles. The molecule has 0 aromatic heterocycles. The van der Waals surface area contributed by atoms with Gasteiger partial charge in [0.05, 0.1) is 19.0 Å². The van der Waals surface area contributed by atoms with Crippen LogP contribution in [0.5, 0.6) is 0 Å². The molecule has 0 radical (unpaired) electrons. The number of hydrogen-bond acceptors (Lipinski definition) is 3. The number of halogens is 2. The number of likely N-dealkylation sites (tertiary alicyclic amines) is 1. The van der Waals surface area contributed by atoms with Crippen LogP contribution in [0.2, 0.25) is 0 Å². The third kappa shape index (κ3) is 3.87. The molecule has 0 unspecified atom stereocenters.